The van der Waals surface area contributed by atoms with Gasteiger partial charge >= 0.3 is 12.0 Å². The fourth-order valence-electron chi connectivity index (χ4n) is 1.72. The van der Waals surface area contributed by atoms with Crippen molar-refractivity contribution in [3.63, 3.8) is 0 Å². The summed E-state index contributed by atoms with van der Waals surface area (Å²) in [4.78, 5) is 47.8. The molecule has 8 heteroatoms. The van der Waals surface area contributed by atoms with Crippen molar-refractivity contribution < 1.29 is 24.3 Å². The molecular formula is C11H16N2O5S. The van der Waals surface area contributed by atoms with E-state index < -0.39 is 29.9 Å². The number of urea groups is 1. The van der Waals surface area contributed by atoms with Crippen LogP contribution in [0.5, 0.6) is 0 Å². The number of hydrogen-bond acceptors (Lipinski definition) is 5. The fourth-order valence-corrected chi connectivity index (χ4v) is 2.35. The van der Waals surface area contributed by atoms with E-state index in [4.69, 9.17) is 5.11 Å². The van der Waals surface area contributed by atoms with E-state index in [0.717, 1.165) is 16.7 Å². The molecule has 1 N–H and O–H groups in total. The molecule has 0 spiro atoms. The highest BCUT2D eigenvalue weighted by atomic mass is 32.2. The van der Waals surface area contributed by atoms with Crippen LogP contribution in [0, 0.1) is 5.92 Å². The predicted octanol–water partition coefficient (Wildman–Crippen LogP) is 0.249. The number of thioether (sulfide) groups is 1. The van der Waals surface area contributed by atoms with Crippen molar-refractivity contribution >= 4 is 34.8 Å². The third kappa shape index (κ3) is 3.46. The van der Waals surface area contributed by atoms with Crippen molar-refractivity contribution in [1.82, 2.24) is 9.80 Å². The topological polar surface area (TPSA) is 95.0 Å². The molecule has 0 radical (unpaired) electrons. The zero-order chi connectivity index (χ0) is 14.7. The Bertz CT molecular complexity index is 425. The Morgan fingerprint density at radius 1 is 1.47 bits per heavy atom. The molecule has 106 valence electrons. The van der Waals surface area contributed by atoms with E-state index in [1.165, 1.54) is 18.9 Å². The lowest BCUT2D eigenvalue weighted by Crippen LogP contribution is -2.46. The normalized spacial score (nSPS) is 20.6. The third-order valence-electron chi connectivity index (χ3n) is 2.77. The van der Waals surface area contributed by atoms with Crippen molar-refractivity contribution in [2.24, 2.45) is 5.92 Å². The van der Waals surface area contributed by atoms with Gasteiger partial charge in [-0.25, -0.2) is 14.5 Å². The summed E-state index contributed by atoms with van der Waals surface area (Å²) < 4.78 is 0. The van der Waals surface area contributed by atoms with Gasteiger partial charge in [-0.15, -0.1) is 0 Å². The van der Waals surface area contributed by atoms with E-state index >= 15 is 0 Å². The van der Waals surface area contributed by atoms with Crippen LogP contribution in [0.1, 0.15) is 13.8 Å². The number of carboxylic acid groups (broad SMARTS) is 1. The van der Waals surface area contributed by atoms with Gasteiger partial charge in [0, 0.05) is 25.6 Å². The summed E-state index contributed by atoms with van der Waals surface area (Å²) in [7, 11) is 1.44. The van der Waals surface area contributed by atoms with Gasteiger partial charge in [0.2, 0.25) is 5.91 Å². The summed E-state index contributed by atoms with van der Waals surface area (Å²) in [5.74, 6) is -2.13. The second-order valence-corrected chi connectivity index (χ2v) is 5.63. The van der Waals surface area contributed by atoms with Crippen LogP contribution in [0.2, 0.25) is 0 Å². The summed E-state index contributed by atoms with van der Waals surface area (Å²) in [6, 6.07) is -1.77. The minimum Gasteiger partial charge on any atom is -0.480 e. The molecule has 0 unspecified atom stereocenters. The molecule has 0 aromatic heterocycles. The van der Waals surface area contributed by atoms with Crippen LogP contribution in [0.15, 0.2) is 0 Å². The number of rotatable bonds is 4. The number of carbonyl (C=O) groups is 4. The van der Waals surface area contributed by atoms with Crippen LogP contribution < -0.4 is 0 Å². The van der Waals surface area contributed by atoms with Crippen molar-refractivity contribution in [2.75, 3.05) is 19.3 Å². The number of carbonyl (C=O) groups excluding carboxylic acids is 3. The van der Waals surface area contributed by atoms with Gasteiger partial charge in [-0.05, 0) is 0 Å². The Morgan fingerprint density at radius 3 is 2.53 bits per heavy atom. The molecule has 0 aromatic carbocycles. The van der Waals surface area contributed by atoms with Gasteiger partial charge in [-0.2, -0.15) is 0 Å². The summed E-state index contributed by atoms with van der Waals surface area (Å²) in [6.45, 7) is 2.94. The van der Waals surface area contributed by atoms with Crippen LogP contribution in [-0.2, 0) is 14.4 Å². The molecule has 1 aliphatic heterocycles. The molecule has 1 heterocycles. The Morgan fingerprint density at radius 2 is 2.05 bits per heavy atom. The van der Waals surface area contributed by atoms with Gasteiger partial charge in [0.05, 0.1) is 6.54 Å². The maximum Gasteiger partial charge on any atom is 0.328 e. The van der Waals surface area contributed by atoms with Gasteiger partial charge in [0.1, 0.15) is 0 Å². The van der Waals surface area contributed by atoms with Crippen LogP contribution in [0.4, 0.5) is 4.79 Å². The summed E-state index contributed by atoms with van der Waals surface area (Å²) in [5.41, 5.74) is 0. The smallest absolute Gasteiger partial charge is 0.328 e. The molecule has 0 saturated carbocycles. The maximum absolute atomic E-state index is 12.1. The average Bonchev–Trinajstić information content (AvgIpc) is 2.62. The first-order chi connectivity index (χ1) is 8.75. The summed E-state index contributed by atoms with van der Waals surface area (Å²) in [6.07, 6.45) is 0. The lowest BCUT2D eigenvalue weighted by molar-refractivity contribution is -0.147. The zero-order valence-electron chi connectivity index (χ0n) is 11.0. The lowest BCUT2D eigenvalue weighted by atomic mass is 10.1. The second-order valence-electron chi connectivity index (χ2n) is 4.43. The predicted molar refractivity (Wildman–Crippen MR) is 68.6 cm³/mol. The number of likely N-dealkylation sites (N-methyl/N-ethyl adjacent to an activating group) is 1. The Balaban J connectivity index is 2.80. The molecule has 0 bridgehead atoms. The quantitative estimate of drug-likeness (QED) is 0.796. The monoisotopic (exact) mass is 288 g/mol. The van der Waals surface area contributed by atoms with E-state index in [-0.39, 0.29) is 17.4 Å². The Hall–Kier alpha value is -1.57. The highest BCUT2D eigenvalue weighted by Gasteiger charge is 2.44. The minimum atomic E-state index is -1.21. The van der Waals surface area contributed by atoms with Crippen LogP contribution in [0.25, 0.3) is 0 Å². The molecule has 1 rings (SSSR count). The van der Waals surface area contributed by atoms with E-state index in [2.05, 4.69) is 0 Å². The van der Waals surface area contributed by atoms with Crippen LogP contribution >= 0.6 is 11.8 Å². The van der Waals surface area contributed by atoms with Crippen LogP contribution in [-0.4, -0.2) is 63.3 Å². The summed E-state index contributed by atoms with van der Waals surface area (Å²) in [5, 5.41) is 8.91. The first-order valence-corrected chi connectivity index (χ1v) is 6.68. The molecule has 0 aromatic rings. The molecule has 1 saturated heterocycles. The molecule has 0 aliphatic carbocycles. The second kappa shape index (κ2) is 6.05. The standard InChI is InChI=1S/C11H16N2O5S/c1-6(5-19-7(2)14)9(15)13-8(10(16)17)4-12(3)11(13)18/h6,8H,4-5H2,1-3H3,(H,16,17)/t6-,8+/m1/s1. The maximum atomic E-state index is 12.1. The number of amides is 3. The first kappa shape index (κ1) is 15.5. The van der Waals surface area contributed by atoms with Gasteiger partial charge in [-0.3, -0.25) is 9.59 Å². The van der Waals surface area contributed by atoms with Crippen LogP contribution in [0.3, 0.4) is 0 Å². The largest absolute Gasteiger partial charge is 0.480 e. The summed E-state index contributed by atoms with van der Waals surface area (Å²) >= 11 is 0.979. The third-order valence-corrected chi connectivity index (χ3v) is 3.84. The van der Waals surface area contributed by atoms with Crippen molar-refractivity contribution in [3.05, 3.63) is 0 Å². The van der Waals surface area contributed by atoms with Crippen molar-refractivity contribution in [1.29, 1.82) is 0 Å². The van der Waals surface area contributed by atoms with Gasteiger partial charge in [0.15, 0.2) is 11.2 Å². The van der Waals surface area contributed by atoms with Crippen molar-refractivity contribution in [2.45, 2.75) is 19.9 Å². The van der Waals surface area contributed by atoms with E-state index in [1.54, 1.807) is 6.92 Å². The molecule has 3 amide bonds. The first-order valence-electron chi connectivity index (χ1n) is 5.70. The van der Waals surface area contributed by atoms with Gasteiger partial charge in [-0.1, -0.05) is 18.7 Å². The van der Waals surface area contributed by atoms with Crippen molar-refractivity contribution in [3.8, 4) is 0 Å². The SMILES string of the molecule is CC(=O)SC[C@@H](C)C(=O)N1C(=O)N(C)C[C@H]1C(=O)O. The molecular weight excluding hydrogens is 272 g/mol. The minimum absolute atomic E-state index is 0.0214. The molecule has 2 atom stereocenters. The number of aliphatic carboxylic acids is 1. The number of imide groups is 1. The van der Waals surface area contributed by atoms with E-state index in [0.29, 0.717) is 0 Å². The van der Waals surface area contributed by atoms with E-state index in [1.807, 2.05) is 0 Å². The Labute approximate surface area is 114 Å². The number of hydrogen-bond donors (Lipinski definition) is 1. The molecule has 7 nitrogen and oxygen atoms in total. The number of nitrogens with zero attached hydrogens (tertiary/aromatic N) is 2. The zero-order valence-corrected chi connectivity index (χ0v) is 11.8. The highest BCUT2D eigenvalue weighted by Crippen LogP contribution is 2.20. The van der Waals surface area contributed by atoms with Gasteiger partial charge < -0.3 is 10.0 Å². The average molecular weight is 288 g/mol. The number of carboxylic acids is 1. The molecule has 1 fully saturated rings. The fraction of sp³-hybridized carbons (Fsp3) is 0.636. The molecule has 19 heavy (non-hydrogen) atoms. The molecule has 1 aliphatic rings. The Kier molecular flexibility index (Phi) is 4.93. The lowest BCUT2D eigenvalue weighted by Gasteiger charge is -2.21. The van der Waals surface area contributed by atoms with E-state index in [9.17, 15) is 19.2 Å². The highest BCUT2D eigenvalue weighted by molar-refractivity contribution is 8.13. The van der Waals surface area contributed by atoms with Gasteiger partial charge in [0.25, 0.3) is 0 Å².